The number of hydrogen-bond donors (Lipinski definition) is 0. The zero-order chi connectivity index (χ0) is 37.5. The Morgan fingerprint density at radius 2 is 0.964 bits per heavy atom. The summed E-state index contributed by atoms with van der Waals surface area (Å²) in [6.45, 7) is 14.3. The minimum atomic E-state index is 0.166. The van der Waals surface area contributed by atoms with Gasteiger partial charge in [0.2, 0.25) is 6.71 Å². The summed E-state index contributed by atoms with van der Waals surface area (Å²) in [4.78, 5) is 2.69. The van der Waals surface area contributed by atoms with Gasteiger partial charge in [0, 0.05) is 42.7 Å². The maximum Gasteiger partial charge on any atom is 0.244 e. The lowest BCUT2D eigenvalue weighted by Gasteiger charge is -2.32. The van der Waals surface area contributed by atoms with Gasteiger partial charge in [-0.1, -0.05) is 161 Å². The van der Waals surface area contributed by atoms with Gasteiger partial charge in [-0.05, 0) is 89.0 Å². The van der Waals surface area contributed by atoms with Crippen molar-refractivity contribution in [3.63, 3.8) is 0 Å². The van der Waals surface area contributed by atoms with Gasteiger partial charge in [-0.25, -0.2) is 0 Å². The number of aromatic nitrogens is 2. The van der Waals surface area contributed by atoms with Crippen molar-refractivity contribution in [2.45, 2.75) is 69.1 Å². The molecule has 0 bridgehead atoms. The Balaban J connectivity index is 1.23. The molecule has 2 aromatic heterocycles. The molecular formula is C51H45BN2S. The van der Waals surface area contributed by atoms with Gasteiger partial charge in [-0.3, -0.25) is 0 Å². The van der Waals surface area contributed by atoms with Crippen LogP contribution in [0.2, 0.25) is 0 Å². The molecule has 1 aliphatic heterocycles. The van der Waals surface area contributed by atoms with Gasteiger partial charge in [-0.2, -0.15) is 0 Å². The lowest BCUT2D eigenvalue weighted by atomic mass is 9.34. The van der Waals surface area contributed by atoms with E-state index in [1.807, 2.05) is 11.8 Å². The van der Waals surface area contributed by atoms with Crippen molar-refractivity contribution in [2.75, 3.05) is 0 Å². The van der Waals surface area contributed by atoms with E-state index in [1.54, 1.807) is 0 Å². The first-order valence-corrected chi connectivity index (χ1v) is 20.7. The summed E-state index contributed by atoms with van der Waals surface area (Å²) in [7, 11) is 0. The van der Waals surface area contributed by atoms with Crippen LogP contribution in [0.5, 0.6) is 0 Å². The van der Waals surface area contributed by atoms with E-state index in [0.717, 1.165) is 0 Å². The SMILES string of the molecule is CC(C)c1cc(C(C)C)c(B2c3ccccc3Sc3cc(-n4c5ccccc5c5c6c7ccccc7n(-c7ccccc7)c6ccc54)ccc32)c(C(C)C)c1. The second-order valence-electron chi connectivity index (χ2n) is 16.3. The van der Waals surface area contributed by atoms with Crippen molar-refractivity contribution in [2.24, 2.45) is 0 Å². The highest BCUT2D eigenvalue weighted by molar-refractivity contribution is 8.00. The largest absolute Gasteiger partial charge is 0.309 e. The number of benzene rings is 7. The average molecular weight is 729 g/mol. The Kier molecular flexibility index (Phi) is 8.12. The second kappa shape index (κ2) is 13.1. The molecule has 0 atom stereocenters. The van der Waals surface area contributed by atoms with Crippen LogP contribution >= 0.6 is 11.8 Å². The highest BCUT2D eigenvalue weighted by Gasteiger charge is 2.36. The maximum absolute atomic E-state index is 2.52. The van der Waals surface area contributed by atoms with E-state index >= 15 is 0 Å². The predicted octanol–water partition coefficient (Wildman–Crippen LogP) is 12.2. The molecule has 0 amide bonds. The Morgan fingerprint density at radius 1 is 0.436 bits per heavy atom. The molecule has 0 unspecified atom stereocenters. The summed E-state index contributed by atoms with van der Waals surface area (Å²) in [6.07, 6.45) is 0. The quantitative estimate of drug-likeness (QED) is 0.155. The first-order valence-electron chi connectivity index (χ1n) is 19.9. The van der Waals surface area contributed by atoms with Crippen LogP contribution in [0.3, 0.4) is 0 Å². The Bertz CT molecular complexity index is 2920. The Labute approximate surface area is 328 Å². The molecule has 3 heterocycles. The monoisotopic (exact) mass is 728 g/mol. The highest BCUT2D eigenvalue weighted by Crippen LogP contribution is 2.43. The van der Waals surface area contributed by atoms with Gasteiger partial charge in [0.1, 0.15) is 0 Å². The van der Waals surface area contributed by atoms with Gasteiger partial charge in [0.25, 0.3) is 0 Å². The molecule has 268 valence electrons. The Morgan fingerprint density at radius 3 is 1.56 bits per heavy atom. The van der Waals surface area contributed by atoms with Crippen LogP contribution in [0.1, 0.15) is 76.0 Å². The smallest absolute Gasteiger partial charge is 0.244 e. The lowest BCUT2D eigenvalue weighted by molar-refractivity contribution is 0.812. The molecular weight excluding hydrogens is 683 g/mol. The normalized spacial score (nSPS) is 12.9. The number of hydrogen-bond acceptors (Lipinski definition) is 1. The number of nitrogens with zero attached hydrogens (tertiary/aromatic N) is 2. The van der Waals surface area contributed by atoms with E-state index in [2.05, 4.69) is 196 Å². The summed E-state index contributed by atoms with van der Waals surface area (Å²) in [5, 5.41) is 5.17. The molecule has 9 aromatic rings. The summed E-state index contributed by atoms with van der Waals surface area (Å²) >= 11 is 1.93. The summed E-state index contributed by atoms with van der Waals surface area (Å²) in [5.41, 5.74) is 16.0. The van der Waals surface area contributed by atoms with E-state index in [-0.39, 0.29) is 6.71 Å². The highest BCUT2D eigenvalue weighted by atomic mass is 32.2. The molecule has 0 saturated carbocycles. The molecule has 10 rings (SSSR count). The van der Waals surface area contributed by atoms with E-state index in [9.17, 15) is 0 Å². The number of fused-ring (bicyclic) bond motifs is 9. The van der Waals surface area contributed by atoms with Crippen LogP contribution in [-0.2, 0) is 0 Å². The minimum absolute atomic E-state index is 0.166. The minimum Gasteiger partial charge on any atom is -0.309 e. The van der Waals surface area contributed by atoms with E-state index in [4.69, 9.17) is 0 Å². The van der Waals surface area contributed by atoms with Crippen LogP contribution in [0.25, 0.3) is 55.0 Å². The maximum atomic E-state index is 2.52. The van der Waals surface area contributed by atoms with Crippen molar-refractivity contribution in [3.8, 4) is 11.4 Å². The van der Waals surface area contributed by atoms with Crippen molar-refractivity contribution in [1.29, 1.82) is 0 Å². The molecule has 55 heavy (non-hydrogen) atoms. The number of rotatable bonds is 6. The number of para-hydroxylation sites is 3. The van der Waals surface area contributed by atoms with Gasteiger partial charge >= 0.3 is 0 Å². The van der Waals surface area contributed by atoms with Gasteiger partial charge in [-0.15, -0.1) is 0 Å². The standard InChI is InChI=1S/C51H45BN2S/c1-31(2)34-28-39(32(3)4)51(40(29-34)33(5)6)52-41-20-12-15-23-47(41)55-48-30-36(24-25-42(48)52)54-44-22-14-11-19-38(44)50-46(54)27-26-45-49(50)37-18-10-13-21-43(37)53(45)35-16-8-7-9-17-35/h7-33H,1-6H3. The molecule has 0 saturated heterocycles. The van der Waals surface area contributed by atoms with Crippen LogP contribution in [-0.4, -0.2) is 15.8 Å². The predicted molar refractivity (Wildman–Crippen MR) is 239 cm³/mol. The van der Waals surface area contributed by atoms with Gasteiger partial charge < -0.3 is 9.13 Å². The van der Waals surface area contributed by atoms with Crippen LogP contribution in [0, 0.1) is 0 Å². The fraction of sp³-hybridized carbons (Fsp3) is 0.176. The van der Waals surface area contributed by atoms with Gasteiger partial charge in [0.15, 0.2) is 0 Å². The average Bonchev–Trinajstić information content (AvgIpc) is 3.72. The summed E-state index contributed by atoms with van der Waals surface area (Å²) in [6, 6.07) is 54.8. The first-order chi connectivity index (χ1) is 26.8. The van der Waals surface area contributed by atoms with Crippen LogP contribution < -0.4 is 16.4 Å². The van der Waals surface area contributed by atoms with Crippen molar-refractivity contribution in [1.82, 2.24) is 9.13 Å². The van der Waals surface area contributed by atoms with E-state index < -0.39 is 0 Å². The topological polar surface area (TPSA) is 9.86 Å². The molecule has 4 heteroatoms. The fourth-order valence-electron chi connectivity index (χ4n) is 9.39. The molecule has 0 fully saturated rings. The molecule has 7 aromatic carbocycles. The van der Waals surface area contributed by atoms with Crippen molar-refractivity contribution < 1.29 is 0 Å². The second-order valence-corrected chi connectivity index (χ2v) is 17.4. The summed E-state index contributed by atoms with van der Waals surface area (Å²) in [5.74, 6) is 1.31. The van der Waals surface area contributed by atoms with Crippen LogP contribution in [0.15, 0.2) is 155 Å². The third-order valence-corrected chi connectivity index (χ3v) is 13.1. The zero-order valence-electron chi connectivity index (χ0n) is 32.5. The van der Waals surface area contributed by atoms with Gasteiger partial charge in [0.05, 0.1) is 22.1 Å². The lowest BCUT2D eigenvalue weighted by Crippen LogP contribution is -2.57. The third kappa shape index (κ3) is 5.25. The summed E-state index contributed by atoms with van der Waals surface area (Å²) < 4.78 is 4.93. The molecule has 0 aliphatic carbocycles. The van der Waals surface area contributed by atoms with E-state index in [1.165, 1.54) is 97.9 Å². The Hall–Kier alpha value is -5.45. The van der Waals surface area contributed by atoms with Crippen molar-refractivity contribution >= 4 is 78.5 Å². The van der Waals surface area contributed by atoms with Crippen molar-refractivity contribution in [3.05, 3.63) is 162 Å². The molecule has 1 aliphatic rings. The fourth-order valence-corrected chi connectivity index (χ4v) is 10.6. The van der Waals surface area contributed by atoms with Crippen LogP contribution in [0.4, 0.5) is 0 Å². The zero-order valence-corrected chi connectivity index (χ0v) is 33.3. The third-order valence-electron chi connectivity index (χ3n) is 12.0. The molecule has 0 radical (unpaired) electrons. The molecule has 0 spiro atoms. The first kappa shape index (κ1) is 34.1. The molecule has 0 N–H and O–H groups in total. The molecule has 2 nitrogen and oxygen atoms in total. The van der Waals surface area contributed by atoms with E-state index in [0.29, 0.717) is 17.8 Å².